The smallest absolute Gasteiger partial charge is 0.351 e. The molecule has 0 aromatic heterocycles. The first-order valence-corrected chi connectivity index (χ1v) is 8.97. The van der Waals surface area contributed by atoms with Gasteiger partial charge in [0.25, 0.3) is 0 Å². The number of hydrogen-bond donors (Lipinski definition) is 0. The number of esters is 1. The summed E-state index contributed by atoms with van der Waals surface area (Å²) >= 11 is 0. The van der Waals surface area contributed by atoms with Gasteiger partial charge in [0.2, 0.25) is 6.10 Å². The standard InChI is InChI=1S/C22H25NO3/c1-6-25-22(24)21-19(17-9-7-13(2)8-10-17)20(23-26-21)18-15(4)11-14(3)12-16(18)5/h7-12,19,21H,6H2,1-5H3/t19-,21-/m1/s1. The molecule has 0 unspecified atom stereocenters. The first-order chi connectivity index (χ1) is 12.4. The van der Waals surface area contributed by atoms with Gasteiger partial charge in [-0.25, -0.2) is 4.79 Å². The molecular weight excluding hydrogens is 326 g/mol. The number of ether oxygens (including phenoxy) is 1. The quantitative estimate of drug-likeness (QED) is 0.769. The van der Waals surface area contributed by atoms with E-state index < -0.39 is 6.10 Å². The highest BCUT2D eigenvalue weighted by molar-refractivity contribution is 6.10. The molecule has 1 aliphatic rings. The molecule has 3 rings (SSSR count). The minimum Gasteiger partial charge on any atom is -0.463 e. The number of oxime groups is 1. The minimum absolute atomic E-state index is 0.283. The van der Waals surface area contributed by atoms with E-state index in [0.717, 1.165) is 28.0 Å². The van der Waals surface area contributed by atoms with E-state index in [4.69, 9.17) is 9.57 Å². The largest absolute Gasteiger partial charge is 0.463 e. The van der Waals surface area contributed by atoms with Crippen LogP contribution in [-0.4, -0.2) is 24.4 Å². The Hall–Kier alpha value is -2.62. The van der Waals surface area contributed by atoms with Crippen LogP contribution in [0.1, 0.15) is 46.2 Å². The molecule has 2 atom stereocenters. The Morgan fingerprint density at radius 1 is 1.04 bits per heavy atom. The second-order valence-corrected chi connectivity index (χ2v) is 6.92. The van der Waals surface area contributed by atoms with Crippen molar-refractivity contribution in [1.29, 1.82) is 0 Å². The van der Waals surface area contributed by atoms with Crippen molar-refractivity contribution in [2.24, 2.45) is 5.16 Å². The summed E-state index contributed by atoms with van der Waals surface area (Å²) in [4.78, 5) is 18.1. The molecule has 2 aromatic carbocycles. The van der Waals surface area contributed by atoms with Crippen LogP contribution < -0.4 is 0 Å². The summed E-state index contributed by atoms with van der Waals surface area (Å²) in [5.41, 5.74) is 7.48. The molecule has 0 radical (unpaired) electrons. The Morgan fingerprint density at radius 2 is 1.65 bits per heavy atom. The lowest BCUT2D eigenvalue weighted by Crippen LogP contribution is -2.32. The van der Waals surface area contributed by atoms with Crippen LogP contribution in [0.4, 0.5) is 0 Å². The third kappa shape index (κ3) is 3.36. The molecule has 0 saturated carbocycles. The number of hydrogen-bond acceptors (Lipinski definition) is 4. The zero-order valence-electron chi connectivity index (χ0n) is 16.0. The monoisotopic (exact) mass is 351 g/mol. The van der Waals surface area contributed by atoms with Gasteiger partial charge >= 0.3 is 5.97 Å². The average Bonchev–Trinajstić information content (AvgIpc) is 2.99. The molecule has 4 heteroatoms. The van der Waals surface area contributed by atoms with Crippen LogP contribution in [0.25, 0.3) is 0 Å². The van der Waals surface area contributed by atoms with Crippen LogP contribution in [0.3, 0.4) is 0 Å². The van der Waals surface area contributed by atoms with Crippen LogP contribution in [0, 0.1) is 27.7 Å². The highest BCUT2D eigenvalue weighted by Gasteiger charge is 2.42. The molecule has 136 valence electrons. The van der Waals surface area contributed by atoms with Crippen molar-refractivity contribution < 1.29 is 14.4 Å². The third-order valence-electron chi connectivity index (χ3n) is 4.75. The fraction of sp³-hybridized carbons (Fsp3) is 0.364. The van der Waals surface area contributed by atoms with Gasteiger partial charge in [0.15, 0.2) is 0 Å². The molecule has 0 aliphatic carbocycles. The van der Waals surface area contributed by atoms with Gasteiger partial charge in [0.1, 0.15) is 0 Å². The lowest BCUT2D eigenvalue weighted by Gasteiger charge is -2.20. The molecule has 0 N–H and O–H groups in total. The summed E-state index contributed by atoms with van der Waals surface area (Å²) in [5, 5.41) is 4.34. The van der Waals surface area contributed by atoms with Crippen LogP contribution in [0.5, 0.6) is 0 Å². The van der Waals surface area contributed by atoms with Crippen molar-refractivity contribution in [3.8, 4) is 0 Å². The van der Waals surface area contributed by atoms with E-state index in [2.05, 4.69) is 38.1 Å². The highest BCUT2D eigenvalue weighted by Crippen LogP contribution is 2.35. The summed E-state index contributed by atoms with van der Waals surface area (Å²) in [5.74, 6) is -0.658. The first-order valence-electron chi connectivity index (χ1n) is 8.97. The zero-order valence-corrected chi connectivity index (χ0v) is 16.0. The summed E-state index contributed by atoms with van der Waals surface area (Å²) in [6, 6.07) is 12.4. The molecule has 26 heavy (non-hydrogen) atoms. The number of aryl methyl sites for hydroxylation is 4. The van der Waals surface area contributed by atoms with Gasteiger partial charge in [-0.2, -0.15) is 0 Å². The van der Waals surface area contributed by atoms with Gasteiger partial charge in [-0.15, -0.1) is 0 Å². The summed E-state index contributed by atoms with van der Waals surface area (Å²) in [6.07, 6.45) is -0.757. The Labute approximate surface area is 154 Å². The maximum atomic E-state index is 12.5. The molecule has 0 spiro atoms. The first kappa shape index (κ1) is 18.2. The third-order valence-corrected chi connectivity index (χ3v) is 4.75. The molecule has 1 heterocycles. The number of carbonyl (C=O) groups excluding carboxylic acids is 1. The van der Waals surface area contributed by atoms with Crippen LogP contribution >= 0.6 is 0 Å². The van der Waals surface area contributed by atoms with Crippen molar-refractivity contribution in [1.82, 2.24) is 0 Å². The second kappa shape index (κ2) is 7.32. The molecule has 0 bridgehead atoms. The maximum Gasteiger partial charge on any atom is 0.351 e. The predicted molar refractivity (Wildman–Crippen MR) is 103 cm³/mol. The van der Waals surface area contributed by atoms with E-state index >= 15 is 0 Å². The molecule has 2 aromatic rings. The fourth-order valence-corrected chi connectivity index (χ4v) is 3.67. The summed E-state index contributed by atoms with van der Waals surface area (Å²) < 4.78 is 5.23. The Balaban J connectivity index is 2.09. The Bertz CT molecular complexity index is 829. The van der Waals surface area contributed by atoms with Crippen LogP contribution in [-0.2, 0) is 14.4 Å². The topological polar surface area (TPSA) is 47.9 Å². The Kier molecular flexibility index (Phi) is 5.12. The highest BCUT2D eigenvalue weighted by atomic mass is 16.7. The molecule has 0 fully saturated rings. The molecule has 4 nitrogen and oxygen atoms in total. The van der Waals surface area contributed by atoms with E-state index in [9.17, 15) is 4.79 Å². The van der Waals surface area contributed by atoms with Gasteiger partial charge in [-0.05, 0) is 51.3 Å². The SMILES string of the molecule is CCOC(=O)[C@@H]1ON=C(c2c(C)cc(C)cc2C)[C@H]1c1ccc(C)cc1. The van der Waals surface area contributed by atoms with Crippen molar-refractivity contribution >= 4 is 11.7 Å². The lowest BCUT2D eigenvalue weighted by molar-refractivity contribution is -0.155. The van der Waals surface area contributed by atoms with Gasteiger partial charge in [-0.3, -0.25) is 0 Å². The van der Waals surface area contributed by atoms with Crippen LogP contribution in [0.15, 0.2) is 41.6 Å². The summed E-state index contributed by atoms with van der Waals surface area (Å²) in [7, 11) is 0. The molecule has 0 saturated heterocycles. The van der Waals surface area contributed by atoms with E-state index in [1.165, 1.54) is 11.1 Å². The van der Waals surface area contributed by atoms with Crippen molar-refractivity contribution in [3.05, 3.63) is 69.8 Å². The van der Waals surface area contributed by atoms with Gasteiger partial charge < -0.3 is 9.57 Å². The normalized spacial score (nSPS) is 19.0. The molecular formula is C22H25NO3. The van der Waals surface area contributed by atoms with Gasteiger partial charge in [0, 0.05) is 5.56 Å². The summed E-state index contributed by atoms with van der Waals surface area (Å²) in [6.45, 7) is 10.4. The van der Waals surface area contributed by atoms with E-state index in [-0.39, 0.29) is 11.9 Å². The zero-order chi connectivity index (χ0) is 18.8. The van der Waals surface area contributed by atoms with Crippen molar-refractivity contribution in [2.45, 2.75) is 46.6 Å². The number of rotatable bonds is 4. The van der Waals surface area contributed by atoms with E-state index in [1.807, 2.05) is 31.2 Å². The predicted octanol–water partition coefficient (Wildman–Crippen LogP) is 4.37. The Morgan fingerprint density at radius 3 is 2.23 bits per heavy atom. The van der Waals surface area contributed by atoms with Crippen molar-refractivity contribution in [3.63, 3.8) is 0 Å². The average molecular weight is 351 g/mol. The lowest BCUT2D eigenvalue weighted by atomic mass is 9.82. The number of nitrogens with zero attached hydrogens (tertiary/aromatic N) is 1. The maximum absolute atomic E-state index is 12.5. The number of benzene rings is 2. The van der Waals surface area contributed by atoms with Crippen LogP contribution in [0.2, 0.25) is 0 Å². The second-order valence-electron chi connectivity index (χ2n) is 6.92. The van der Waals surface area contributed by atoms with E-state index in [0.29, 0.717) is 6.61 Å². The molecule has 0 amide bonds. The minimum atomic E-state index is -0.757. The fourth-order valence-electron chi connectivity index (χ4n) is 3.67. The van der Waals surface area contributed by atoms with Gasteiger partial charge in [-0.1, -0.05) is 52.7 Å². The van der Waals surface area contributed by atoms with Crippen molar-refractivity contribution in [2.75, 3.05) is 6.61 Å². The molecule has 1 aliphatic heterocycles. The van der Waals surface area contributed by atoms with Gasteiger partial charge in [0.05, 0.1) is 18.2 Å². The number of carbonyl (C=O) groups is 1. The van der Waals surface area contributed by atoms with E-state index in [1.54, 1.807) is 6.92 Å².